The van der Waals surface area contributed by atoms with E-state index in [0.717, 1.165) is 0 Å². The molecule has 0 bridgehead atoms. The molecule has 2 N–H and O–H groups in total. The van der Waals surface area contributed by atoms with Gasteiger partial charge in [-0.05, 0) is 13.8 Å². The first-order valence-electron chi connectivity index (χ1n) is 4.52. The Hall–Kier alpha value is -1.10. The minimum Gasteiger partial charge on any atom is -0.481 e. The van der Waals surface area contributed by atoms with Crippen LogP contribution in [0.4, 0.5) is 0 Å². The number of carbonyl (C=O) groups is 2. The van der Waals surface area contributed by atoms with Crippen LogP contribution in [0.1, 0.15) is 20.3 Å². The third kappa shape index (κ3) is 2.70. The number of aliphatic carboxylic acids is 1. The lowest BCUT2D eigenvalue weighted by Crippen LogP contribution is -2.49. The SMILES string of the molecule is CC(C)(CC(=O)NC1COC1)C(=O)O. The fourth-order valence-corrected chi connectivity index (χ4v) is 1.07. The van der Waals surface area contributed by atoms with E-state index in [1.54, 1.807) is 0 Å². The maximum atomic E-state index is 11.3. The summed E-state index contributed by atoms with van der Waals surface area (Å²) < 4.78 is 4.88. The minimum absolute atomic E-state index is 0.00116. The summed E-state index contributed by atoms with van der Waals surface area (Å²) in [5.74, 6) is -1.19. The van der Waals surface area contributed by atoms with Crippen LogP contribution in [-0.2, 0) is 14.3 Å². The number of carboxylic acid groups (broad SMARTS) is 1. The number of hydrogen-bond donors (Lipinski definition) is 2. The lowest BCUT2D eigenvalue weighted by Gasteiger charge is -2.28. The standard InChI is InChI=1S/C9H15NO4/c1-9(2,8(12)13)3-7(11)10-6-4-14-5-6/h6H,3-5H2,1-2H3,(H,10,11)(H,12,13). The molecule has 80 valence electrons. The lowest BCUT2D eigenvalue weighted by molar-refractivity contribution is -0.150. The molecule has 0 aromatic heterocycles. The van der Waals surface area contributed by atoms with Crippen molar-refractivity contribution in [3.8, 4) is 0 Å². The van der Waals surface area contributed by atoms with Gasteiger partial charge in [-0.3, -0.25) is 9.59 Å². The van der Waals surface area contributed by atoms with Crippen molar-refractivity contribution in [1.29, 1.82) is 0 Å². The molecule has 0 unspecified atom stereocenters. The molecule has 0 aliphatic carbocycles. The Balaban J connectivity index is 2.35. The first-order chi connectivity index (χ1) is 6.42. The van der Waals surface area contributed by atoms with Crippen molar-refractivity contribution in [2.24, 2.45) is 5.41 Å². The zero-order valence-corrected chi connectivity index (χ0v) is 8.37. The van der Waals surface area contributed by atoms with E-state index in [0.29, 0.717) is 13.2 Å². The minimum atomic E-state index is -1.01. The van der Waals surface area contributed by atoms with Gasteiger partial charge in [-0.1, -0.05) is 0 Å². The van der Waals surface area contributed by atoms with Gasteiger partial charge in [0.25, 0.3) is 0 Å². The number of rotatable bonds is 4. The molecule has 1 fully saturated rings. The molecule has 1 rings (SSSR count). The first kappa shape index (κ1) is 11.0. The van der Waals surface area contributed by atoms with Gasteiger partial charge in [0.1, 0.15) is 0 Å². The largest absolute Gasteiger partial charge is 0.481 e. The summed E-state index contributed by atoms with van der Waals surface area (Å²) in [5, 5.41) is 11.5. The molecule has 0 saturated carbocycles. The van der Waals surface area contributed by atoms with Gasteiger partial charge in [0.15, 0.2) is 0 Å². The van der Waals surface area contributed by atoms with Crippen LogP contribution in [0.3, 0.4) is 0 Å². The van der Waals surface area contributed by atoms with E-state index >= 15 is 0 Å². The summed E-state index contributed by atoms with van der Waals surface area (Å²) >= 11 is 0. The van der Waals surface area contributed by atoms with Crippen LogP contribution in [0.25, 0.3) is 0 Å². The van der Waals surface area contributed by atoms with Crippen LogP contribution in [0.2, 0.25) is 0 Å². The number of carboxylic acids is 1. The summed E-state index contributed by atoms with van der Waals surface area (Å²) in [5.41, 5.74) is -1.01. The van der Waals surface area contributed by atoms with E-state index in [-0.39, 0.29) is 18.4 Å². The van der Waals surface area contributed by atoms with Crippen molar-refractivity contribution in [2.75, 3.05) is 13.2 Å². The molecule has 0 atom stereocenters. The molecule has 0 spiro atoms. The van der Waals surface area contributed by atoms with Crippen LogP contribution in [-0.4, -0.2) is 36.2 Å². The Morgan fingerprint density at radius 3 is 2.43 bits per heavy atom. The van der Waals surface area contributed by atoms with Gasteiger partial charge < -0.3 is 15.2 Å². The Labute approximate surface area is 82.4 Å². The number of ether oxygens (including phenoxy) is 1. The maximum Gasteiger partial charge on any atom is 0.309 e. The van der Waals surface area contributed by atoms with E-state index in [1.807, 2.05) is 0 Å². The molecule has 1 heterocycles. The highest BCUT2D eigenvalue weighted by Gasteiger charge is 2.31. The summed E-state index contributed by atoms with van der Waals surface area (Å²) in [7, 11) is 0. The second kappa shape index (κ2) is 3.96. The molecule has 0 radical (unpaired) electrons. The van der Waals surface area contributed by atoms with Gasteiger partial charge in [-0.15, -0.1) is 0 Å². The predicted molar refractivity (Wildman–Crippen MR) is 48.8 cm³/mol. The Kier molecular flexibility index (Phi) is 3.10. The number of nitrogens with one attached hydrogen (secondary N) is 1. The zero-order valence-electron chi connectivity index (χ0n) is 8.37. The Bertz CT molecular complexity index is 245. The second-order valence-electron chi connectivity index (χ2n) is 4.17. The summed E-state index contributed by atoms with van der Waals surface area (Å²) in [4.78, 5) is 22.1. The van der Waals surface area contributed by atoms with Crippen LogP contribution in [0.15, 0.2) is 0 Å². The summed E-state index contributed by atoms with van der Waals surface area (Å²) in [6.07, 6.45) is -0.00116. The topological polar surface area (TPSA) is 75.6 Å². The van der Waals surface area contributed by atoms with E-state index in [2.05, 4.69) is 5.32 Å². The van der Waals surface area contributed by atoms with E-state index < -0.39 is 11.4 Å². The molecule has 1 amide bonds. The van der Waals surface area contributed by atoms with Gasteiger partial charge >= 0.3 is 5.97 Å². The quantitative estimate of drug-likeness (QED) is 0.671. The molecular formula is C9H15NO4. The van der Waals surface area contributed by atoms with Crippen molar-refractivity contribution in [3.05, 3.63) is 0 Å². The van der Waals surface area contributed by atoms with Gasteiger partial charge in [-0.2, -0.15) is 0 Å². The fraction of sp³-hybridized carbons (Fsp3) is 0.778. The van der Waals surface area contributed by atoms with Crippen LogP contribution in [0, 0.1) is 5.41 Å². The van der Waals surface area contributed by atoms with E-state index in [9.17, 15) is 9.59 Å². The van der Waals surface area contributed by atoms with Crippen molar-refractivity contribution < 1.29 is 19.4 Å². The van der Waals surface area contributed by atoms with Gasteiger partial charge in [0.2, 0.25) is 5.91 Å². The van der Waals surface area contributed by atoms with Crippen molar-refractivity contribution in [3.63, 3.8) is 0 Å². The molecule has 5 heteroatoms. The van der Waals surface area contributed by atoms with E-state index in [4.69, 9.17) is 9.84 Å². The first-order valence-corrected chi connectivity index (χ1v) is 4.52. The lowest BCUT2D eigenvalue weighted by atomic mass is 9.89. The highest BCUT2D eigenvalue weighted by atomic mass is 16.5. The summed E-state index contributed by atoms with van der Waals surface area (Å²) in [6.45, 7) is 4.12. The third-order valence-electron chi connectivity index (χ3n) is 2.18. The smallest absolute Gasteiger partial charge is 0.309 e. The predicted octanol–water partition coefficient (Wildman–Crippen LogP) is 0.00230. The second-order valence-corrected chi connectivity index (χ2v) is 4.17. The third-order valence-corrected chi connectivity index (χ3v) is 2.18. The molecule has 0 aromatic carbocycles. The molecule has 1 aliphatic heterocycles. The van der Waals surface area contributed by atoms with Gasteiger partial charge in [-0.25, -0.2) is 0 Å². The molecule has 14 heavy (non-hydrogen) atoms. The van der Waals surface area contributed by atoms with Crippen molar-refractivity contribution >= 4 is 11.9 Å². The molecule has 0 aromatic rings. The monoisotopic (exact) mass is 201 g/mol. The van der Waals surface area contributed by atoms with Crippen molar-refractivity contribution in [2.45, 2.75) is 26.3 Å². The number of carbonyl (C=O) groups excluding carboxylic acids is 1. The molecular weight excluding hydrogens is 186 g/mol. The van der Waals surface area contributed by atoms with Crippen LogP contribution >= 0.6 is 0 Å². The van der Waals surface area contributed by atoms with E-state index in [1.165, 1.54) is 13.8 Å². The molecule has 5 nitrogen and oxygen atoms in total. The average molecular weight is 201 g/mol. The Morgan fingerprint density at radius 2 is 2.07 bits per heavy atom. The zero-order chi connectivity index (χ0) is 10.8. The average Bonchev–Trinajstić information content (AvgIpc) is 1.96. The van der Waals surface area contributed by atoms with Gasteiger partial charge in [0, 0.05) is 6.42 Å². The fourth-order valence-electron chi connectivity index (χ4n) is 1.07. The van der Waals surface area contributed by atoms with Crippen LogP contribution in [0.5, 0.6) is 0 Å². The normalized spacial score (nSPS) is 17.3. The van der Waals surface area contributed by atoms with Crippen molar-refractivity contribution in [1.82, 2.24) is 5.32 Å². The van der Waals surface area contributed by atoms with Crippen LogP contribution < -0.4 is 5.32 Å². The number of hydrogen-bond acceptors (Lipinski definition) is 3. The summed E-state index contributed by atoms with van der Waals surface area (Å²) in [6, 6.07) is 0.0621. The number of amides is 1. The Morgan fingerprint density at radius 1 is 1.50 bits per heavy atom. The highest BCUT2D eigenvalue weighted by molar-refractivity contribution is 5.84. The van der Waals surface area contributed by atoms with Gasteiger partial charge in [0.05, 0.1) is 24.7 Å². The maximum absolute atomic E-state index is 11.3. The molecule has 1 saturated heterocycles. The molecule has 1 aliphatic rings. The highest BCUT2D eigenvalue weighted by Crippen LogP contribution is 2.20.